The van der Waals surface area contributed by atoms with Gasteiger partial charge in [0.25, 0.3) is 5.56 Å². The van der Waals surface area contributed by atoms with Crippen molar-refractivity contribution in [3.63, 3.8) is 0 Å². The van der Waals surface area contributed by atoms with E-state index in [1.54, 1.807) is 19.4 Å². The second kappa shape index (κ2) is 8.97. The van der Waals surface area contributed by atoms with E-state index in [1.807, 2.05) is 37.3 Å². The van der Waals surface area contributed by atoms with E-state index in [4.69, 9.17) is 9.47 Å². The number of ether oxygens (including phenoxy) is 2. The van der Waals surface area contributed by atoms with Gasteiger partial charge in [-0.15, -0.1) is 0 Å². The van der Waals surface area contributed by atoms with E-state index in [2.05, 4.69) is 30.9 Å². The van der Waals surface area contributed by atoms with E-state index in [0.29, 0.717) is 28.9 Å². The summed E-state index contributed by atoms with van der Waals surface area (Å²) in [6.07, 6.45) is 2.24. The lowest BCUT2D eigenvalue weighted by molar-refractivity contribution is 0.122. The first-order valence-electron chi connectivity index (χ1n) is 9.87. The van der Waals surface area contributed by atoms with Gasteiger partial charge in [-0.3, -0.25) is 4.79 Å². The molecule has 2 aromatic carbocycles. The highest BCUT2D eigenvalue weighted by molar-refractivity contribution is 9.10. The van der Waals surface area contributed by atoms with Crippen molar-refractivity contribution in [2.24, 2.45) is 5.10 Å². The van der Waals surface area contributed by atoms with E-state index in [1.165, 1.54) is 4.68 Å². The van der Waals surface area contributed by atoms with Crippen LogP contribution >= 0.6 is 15.9 Å². The Hall–Kier alpha value is -2.71. The van der Waals surface area contributed by atoms with Crippen molar-refractivity contribution in [1.29, 1.82) is 0 Å². The number of hydrogen-bond donors (Lipinski definition) is 0. The molecule has 1 aromatic heterocycles. The number of methoxy groups -OCH3 is 1. The first-order valence-corrected chi connectivity index (χ1v) is 10.7. The summed E-state index contributed by atoms with van der Waals surface area (Å²) in [5.41, 5.74) is 2.34. The van der Waals surface area contributed by atoms with E-state index >= 15 is 0 Å². The van der Waals surface area contributed by atoms with Crippen LogP contribution in [0.5, 0.6) is 5.75 Å². The van der Waals surface area contributed by atoms with Crippen LogP contribution in [0.25, 0.3) is 10.9 Å². The Morgan fingerprint density at radius 2 is 2.03 bits per heavy atom. The van der Waals surface area contributed by atoms with Crippen molar-refractivity contribution >= 4 is 38.7 Å². The molecule has 0 aliphatic carbocycles. The molecule has 0 bridgehead atoms. The first-order chi connectivity index (χ1) is 14.6. The van der Waals surface area contributed by atoms with E-state index in [0.717, 1.165) is 42.0 Å². The second-order valence-corrected chi connectivity index (χ2v) is 7.85. The largest absolute Gasteiger partial charge is 0.496 e. The van der Waals surface area contributed by atoms with Crippen LogP contribution in [0.1, 0.15) is 18.3 Å². The van der Waals surface area contributed by atoms with Crippen LogP contribution in [0.4, 0.5) is 5.69 Å². The predicted octanol–water partition coefficient (Wildman–Crippen LogP) is 3.45. The number of benzene rings is 2. The van der Waals surface area contributed by atoms with Gasteiger partial charge in [0.15, 0.2) is 0 Å². The van der Waals surface area contributed by atoms with Crippen LogP contribution in [0, 0.1) is 0 Å². The minimum atomic E-state index is -0.196. The fraction of sp³-hybridized carbons (Fsp3) is 0.318. The zero-order valence-corrected chi connectivity index (χ0v) is 18.6. The fourth-order valence-electron chi connectivity index (χ4n) is 3.49. The molecular weight excluding hydrogens is 448 g/mol. The van der Waals surface area contributed by atoms with Gasteiger partial charge in [-0.1, -0.05) is 22.9 Å². The Balaban J connectivity index is 1.71. The molecule has 0 spiro atoms. The van der Waals surface area contributed by atoms with Gasteiger partial charge in [0, 0.05) is 41.3 Å². The second-order valence-electron chi connectivity index (χ2n) is 6.93. The third kappa shape index (κ3) is 4.11. The molecule has 1 aliphatic rings. The van der Waals surface area contributed by atoms with Gasteiger partial charge in [-0.2, -0.15) is 9.78 Å². The molecular formula is C22H23BrN4O3. The lowest BCUT2D eigenvalue weighted by Crippen LogP contribution is -2.36. The summed E-state index contributed by atoms with van der Waals surface area (Å²) < 4.78 is 13.2. The Morgan fingerprint density at radius 3 is 2.77 bits per heavy atom. The average Bonchev–Trinajstić information content (AvgIpc) is 2.79. The third-order valence-corrected chi connectivity index (χ3v) is 5.59. The van der Waals surface area contributed by atoms with Gasteiger partial charge in [-0.05, 0) is 30.3 Å². The number of morpholine rings is 1. The maximum atomic E-state index is 13.0. The van der Waals surface area contributed by atoms with E-state index < -0.39 is 0 Å². The molecule has 7 nitrogen and oxygen atoms in total. The summed E-state index contributed by atoms with van der Waals surface area (Å²) in [5, 5.41) is 4.99. The molecule has 0 amide bonds. The van der Waals surface area contributed by atoms with Crippen molar-refractivity contribution in [3.05, 3.63) is 62.6 Å². The van der Waals surface area contributed by atoms with Gasteiger partial charge in [0.2, 0.25) is 0 Å². The predicted molar refractivity (Wildman–Crippen MR) is 122 cm³/mol. The Labute approximate surface area is 183 Å². The van der Waals surface area contributed by atoms with Crippen LogP contribution in [0.3, 0.4) is 0 Å². The lowest BCUT2D eigenvalue weighted by atomic mass is 10.1. The minimum absolute atomic E-state index is 0.196. The number of hydrogen-bond acceptors (Lipinski definition) is 6. The van der Waals surface area contributed by atoms with E-state index in [9.17, 15) is 4.79 Å². The molecule has 0 atom stereocenters. The number of nitrogens with zero attached hydrogens (tertiary/aromatic N) is 4. The summed E-state index contributed by atoms with van der Waals surface area (Å²) in [6.45, 7) is 5.10. The fourth-order valence-corrected chi connectivity index (χ4v) is 3.85. The lowest BCUT2D eigenvalue weighted by Gasteiger charge is -2.29. The van der Waals surface area contributed by atoms with Crippen LogP contribution < -0.4 is 15.2 Å². The van der Waals surface area contributed by atoms with Gasteiger partial charge in [0.1, 0.15) is 11.6 Å². The summed E-state index contributed by atoms with van der Waals surface area (Å²) in [5.74, 6) is 1.31. The van der Waals surface area contributed by atoms with Crippen molar-refractivity contribution in [1.82, 2.24) is 9.66 Å². The minimum Gasteiger partial charge on any atom is -0.496 e. The number of aryl methyl sites for hydroxylation is 1. The smallest absolute Gasteiger partial charge is 0.282 e. The molecule has 3 aromatic rings. The number of fused-ring (bicyclic) bond motifs is 1. The molecule has 0 radical (unpaired) electrons. The molecule has 30 heavy (non-hydrogen) atoms. The highest BCUT2D eigenvalue weighted by Crippen LogP contribution is 2.25. The van der Waals surface area contributed by atoms with Crippen LogP contribution in [-0.2, 0) is 11.2 Å². The van der Waals surface area contributed by atoms with Crippen molar-refractivity contribution < 1.29 is 9.47 Å². The zero-order chi connectivity index (χ0) is 21.1. The molecule has 0 saturated carbocycles. The van der Waals surface area contributed by atoms with Gasteiger partial charge < -0.3 is 14.4 Å². The SMILES string of the molecule is CCc1nc2ccc(Br)cc2c(=O)n1N=Cc1ccc(N2CCOCC2)cc1OC. The maximum Gasteiger partial charge on any atom is 0.282 e. The molecule has 1 fully saturated rings. The van der Waals surface area contributed by atoms with Crippen LogP contribution in [0.2, 0.25) is 0 Å². The Morgan fingerprint density at radius 1 is 1.23 bits per heavy atom. The van der Waals surface area contributed by atoms with Gasteiger partial charge in [0.05, 0.1) is 37.4 Å². The number of rotatable bonds is 5. The average molecular weight is 471 g/mol. The first kappa shape index (κ1) is 20.6. The number of anilines is 1. The molecule has 4 rings (SSSR count). The van der Waals surface area contributed by atoms with E-state index in [-0.39, 0.29) is 5.56 Å². The Kier molecular flexibility index (Phi) is 6.15. The Bertz CT molecular complexity index is 1150. The maximum absolute atomic E-state index is 13.0. The summed E-state index contributed by atoms with van der Waals surface area (Å²) in [7, 11) is 1.63. The summed E-state index contributed by atoms with van der Waals surface area (Å²) in [4.78, 5) is 19.9. The molecule has 8 heteroatoms. The van der Waals surface area contributed by atoms with Crippen LogP contribution in [-0.4, -0.2) is 49.3 Å². The van der Waals surface area contributed by atoms with Gasteiger partial charge >= 0.3 is 0 Å². The molecule has 2 heterocycles. The van der Waals surface area contributed by atoms with Crippen LogP contribution in [0.15, 0.2) is 50.8 Å². The quantitative estimate of drug-likeness (QED) is 0.534. The highest BCUT2D eigenvalue weighted by atomic mass is 79.9. The van der Waals surface area contributed by atoms with Gasteiger partial charge in [-0.25, -0.2) is 4.98 Å². The number of halogens is 1. The molecule has 0 N–H and O–H groups in total. The monoisotopic (exact) mass is 470 g/mol. The third-order valence-electron chi connectivity index (χ3n) is 5.10. The standard InChI is InChI=1S/C22H23BrN4O3/c1-3-21-25-19-7-5-16(23)12-18(19)22(28)27(21)24-14-15-4-6-17(13-20(15)29-2)26-8-10-30-11-9-26/h4-7,12-14H,3,8-11H2,1-2H3. The van der Waals surface area contributed by atoms with Crippen molar-refractivity contribution in [2.45, 2.75) is 13.3 Å². The summed E-state index contributed by atoms with van der Waals surface area (Å²) >= 11 is 3.42. The molecule has 1 saturated heterocycles. The normalized spacial score (nSPS) is 14.6. The highest BCUT2D eigenvalue weighted by Gasteiger charge is 2.14. The van der Waals surface area contributed by atoms with Crippen molar-refractivity contribution in [3.8, 4) is 5.75 Å². The summed E-state index contributed by atoms with van der Waals surface area (Å²) in [6, 6.07) is 11.5. The molecule has 1 aliphatic heterocycles. The zero-order valence-electron chi connectivity index (χ0n) is 17.0. The molecule has 0 unspecified atom stereocenters. The van der Waals surface area contributed by atoms with Crippen molar-refractivity contribution in [2.75, 3.05) is 38.3 Å². The number of aromatic nitrogens is 2. The molecule has 156 valence electrons. The topological polar surface area (TPSA) is 69.0 Å².